The zero-order valence-corrected chi connectivity index (χ0v) is 18.2. The summed E-state index contributed by atoms with van der Waals surface area (Å²) in [4.78, 5) is 7.97. The predicted molar refractivity (Wildman–Crippen MR) is 116 cm³/mol. The number of ether oxygens (including phenoxy) is 2. The lowest BCUT2D eigenvalue weighted by molar-refractivity contribution is -0.137. The average molecular weight is 493 g/mol. The maximum absolute atomic E-state index is 12.8. The molecule has 0 saturated carbocycles. The first-order valence-electron chi connectivity index (χ1n) is 9.71. The number of benzene rings is 1. The van der Waals surface area contributed by atoms with Crippen LogP contribution in [0.25, 0.3) is 22.0 Å². The molecule has 0 spiro atoms. The number of methoxy groups -OCH3 is 1. The van der Waals surface area contributed by atoms with E-state index in [-0.39, 0.29) is 22.7 Å². The Labute approximate surface area is 195 Å². The summed E-state index contributed by atoms with van der Waals surface area (Å²) < 4.78 is 49.2. The monoisotopic (exact) mass is 492 g/mol. The van der Waals surface area contributed by atoms with Crippen molar-refractivity contribution in [1.82, 2.24) is 20.2 Å². The molecule has 4 rings (SSSR count). The highest BCUT2D eigenvalue weighted by atomic mass is 35.5. The highest BCUT2D eigenvalue weighted by molar-refractivity contribution is 6.33. The first kappa shape index (κ1) is 23.6. The van der Waals surface area contributed by atoms with Crippen LogP contribution in [0.3, 0.4) is 0 Å². The number of fused-ring (bicyclic) bond motifs is 1. The van der Waals surface area contributed by atoms with Crippen LogP contribution in [-0.2, 0) is 6.18 Å². The van der Waals surface area contributed by atoms with Crippen LogP contribution in [0.5, 0.6) is 17.6 Å². The Morgan fingerprint density at radius 3 is 2.38 bits per heavy atom. The van der Waals surface area contributed by atoms with Crippen molar-refractivity contribution >= 4 is 22.4 Å². The normalized spacial score (nSPS) is 12.6. The highest BCUT2D eigenvalue weighted by Crippen LogP contribution is 2.36. The van der Waals surface area contributed by atoms with Crippen molar-refractivity contribution in [2.24, 2.45) is 0 Å². The van der Waals surface area contributed by atoms with E-state index < -0.39 is 24.5 Å². The number of halogens is 4. The molecule has 8 nitrogen and oxygen atoms in total. The number of nitrogens with zero attached hydrogens (tertiary/aromatic N) is 4. The van der Waals surface area contributed by atoms with E-state index in [0.717, 1.165) is 12.1 Å². The van der Waals surface area contributed by atoms with Crippen molar-refractivity contribution in [3.8, 4) is 28.9 Å². The molecule has 0 saturated heterocycles. The molecule has 0 bridgehead atoms. The summed E-state index contributed by atoms with van der Waals surface area (Å²) >= 11 is 6.35. The molecule has 0 fully saturated rings. The van der Waals surface area contributed by atoms with Gasteiger partial charge in [-0.3, -0.25) is 4.98 Å². The minimum atomic E-state index is -4.52. The molecule has 0 amide bonds. The summed E-state index contributed by atoms with van der Waals surface area (Å²) in [5, 5.41) is 28.0. The fourth-order valence-corrected chi connectivity index (χ4v) is 3.42. The smallest absolute Gasteiger partial charge is 0.417 e. The van der Waals surface area contributed by atoms with Crippen molar-refractivity contribution < 1.29 is 32.9 Å². The lowest BCUT2D eigenvalue weighted by Crippen LogP contribution is -2.05. The molecule has 12 heteroatoms. The molecule has 2 N–H and O–H groups in total. The zero-order valence-electron chi connectivity index (χ0n) is 17.4. The predicted octanol–water partition coefficient (Wildman–Crippen LogP) is 4.59. The van der Waals surface area contributed by atoms with Crippen LogP contribution in [0, 0.1) is 0 Å². The molecule has 0 radical (unpaired) electrons. The second kappa shape index (κ2) is 9.37. The fraction of sp³-hybridized carbons (Fsp3) is 0.182. The first-order chi connectivity index (χ1) is 16.2. The van der Waals surface area contributed by atoms with Crippen LogP contribution in [0.2, 0.25) is 5.02 Å². The van der Waals surface area contributed by atoms with Gasteiger partial charge in [0.2, 0.25) is 17.6 Å². The van der Waals surface area contributed by atoms with Crippen molar-refractivity contribution in [2.45, 2.75) is 12.3 Å². The molecule has 3 heterocycles. The minimum Gasteiger partial charge on any atom is -0.479 e. The first-order valence-corrected chi connectivity index (χ1v) is 10.1. The average Bonchev–Trinajstić information content (AvgIpc) is 2.83. The Bertz CT molecular complexity index is 1340. The van der Waals surface area contributed by atoms with Gasteiger partial charge in [0.15, 0.2) is 0 Å². The number of hydrogen-bond acceptors (Lipinski definition) is 8. The van der Waals surface area contributed by atoms with Crippen LogP contribution in [0.1, 0.15) is 17.2 Å². The second-order valence-corrected chi connectivity index (χ2v) is 7.46. The van der Waals surface area contributed by atoms with Crippen molar-refractivity contribution in [3.63, 3.8) is 0 Å². The Kier molecular flexibility index (Phi) is 6.51. The maximum atomic E-state index is 12.8. The number of aromatic nitrogens is 4. The molecule has 1 atom stereocenters. The third kappa shape index (κ3) is 4.72. The molecular weight excluding hydrogens is 477 g/mol. The Balaban J connectivity index is 1.72. The number of aliphatic hydroxyl groups is 2. The number of pyridine rings is 2. The third-order valence-corrected chi connectivity index (χ3v) is 5.15. The maximum Gasteiger partial charge on any atom is 0.417 e. The Morgan fingerprint density at radius 1 is 1.00 bits per heavy atom. The van der Waals surface area contributed by atoms with Crippen molar-refractivity contribution in [1.29, 1.82) is 0 Å². The van der Waals surface area contributed by atoms with Gasteiger partial charge in [-0.1, -0.05) is 17.7 Å². The lowest BCUT2D eigenvalue weighted by Gasteiger charge is -2.12. The van der Waals surface area contributed by atoms with E-state index in [9.17, 15) is 18.3 Å². The standard InChI is InChI=1S/C22H16ClF3N4O4/c1-33-20-15-6-11(19-16(23)7-12(8-28-19)17(32)10-31)2-4-14(15)21(30-29-20)34-18-5-3-13(9-27-18)22(24,25)26/h2-9,17,31-32H,10H2,1H3/t17-/m0/s1. The largest absolute Gasteiger partial charge is 0.479 e. The Morgan fingerprint density at radius 2 is 1.76 bits per heavy atom. The van der Waals surface area contributed by atoms with Gasteiger partial charge in [0.1, 0.15) is 6.10 Å². The van der Waals surface area contributed by atoms with Crippen molar-refractivity contribution in [3.05, 3.63) is 64.9 Å². The van der Waals surface area contributed by atoms with E-state index in [0.29, 0.717) is 33.8 Å². The SMILES string of the molecule is COc1nnc(Oc2ccc(C(F)(F)F)cn2)c2ccc(-c3ncc([C@@H](O)CO)cc3Cl)cc12. The summed E-state index contributed by atoms with van der Waals surface area (Å²) in [5.74, 6) is 0.0867. The van der Waals surface area contributed by atoms with E-state index in [4.69, 9.17) is 26.2 Å². The van der Waals surface area contributed by atoms with Crippen LogP contribution in [0.4, 0.5) is 13.2 Å². The van der Waals surface area contributed by atoms with E-state index in [1.165, 1.54) is 19.4 Å². The molecule has 34 heavy (non-hydrogen) atoms. The lowest BCUT2D eigenvalue weighted by atomic mass is 10.0. The molecule has 1 aromatic carbocycles. The number of rotatable bonds is 6. The van der Waals surface area contributed by atoms with E-state index in [1.807, 2.05) is 0 Å². The topological polar surface area (TPSA) is 110 Å². The van der Waals surface area contributed by atoms with E-state index >= 15 is 0 Å². The second-order valence-electron chi connectivity index (χ2n) is 7.06. The summed E-state index contributed by atoms with van der Waals surface area (Å²) in [6, 6.07) is 8.46. The van der Waals surface area contributed by atoms with Gasteiger partial charge in [-0.05, 0) is 24.3 Å². The number of hydrogen-bond donors (Lipinski definition) is 2. The summed E-state index contributed by atoms with van der Waals surface area (Å²) in [6.45, 7) is -0.472. The van der Waals surface area contributed by atoms with Gasteiger partial charge in [-0.15, -0.1) is 10.2 Å². The van der Waals surface area contributed by atoms with Crippen molar-refractivity contribution in [2.75, 3.05) is 13.7 Å². The van der Waals surface area contributed by atoms with Gasteiger partial charge < -0.3 is 19.7 Å². The molecule has 0 aliphatic carbocycles. The molecular formula is C22H16ClF3N4O4. The summed E-state index contributed by atoms with van der Waals surface area (Å²) in [5.41, 5.74) is 0.452. The molecule has 176 valence electrons. The van der Waals surface area contributed by atoms with Gasteiger partial charge in [-0.25, -0.2) is 4.98 Å². The molecule has 4 aromatic rings. The van der Waals surface area contributed by atoms with Gasteiger partial charge in [0, 0.05) is 29.6 Å². The van der Waals surface area contributed by atoms with Gasteiger partial charge >= 0.3 is 6.18 Å². The number of aliphatic hydroxyl groups excluding tert-OH is 2. The van der Waals surface area contributed by atoms with Crippen LogP contribution in [0.15, 0.2) is 48.8 Å². The van der Waals surface area contributed by atoms with E-state index in [1.54, 1.807) is 18.2 Å². The van der Waals surface area contributed by atoms with Crippen LogP contribution >= 0.6 is 11.6 Å². The van der Waals surface area contributed by atoms with E-state index in [2.05, 4.69) is 20.2 Å². The Hall–Kier alpha value is -3.54. The quantitative estimate of drug-likeness (QED) is 0.402. The van der Waals surface area contributed by atoms with Crippen LogP contribution < -0.4 is 9.47 Å². The summed E-state index contributed by atoms with van der Waals surface area (Å²) in [7, 11) is 1.41. The minimum absolute atomic E-state index is 0.00933. The van der Waals surface area contributed by atoms with Gasteiger partial charge in [-0.2, -0.15) is 13.2 Å². The molecule has 0 aliphatic heterocycles. The van der Waals surface area contributed by atoms with Crippen LogP contribution in [-0.4, -0.2) is 44.1 Å². The highest BCUT2D eigenvalue weighted by Gasteiger charge is 2.30. The fourth-order valence-electron chi connectivity index (χ4n) is 3.14. The number of alkyl halides is 3. The summed E-state index contributed by atoms with van der Waals surface area (Å²) in [6.07, 6.45) is -3.56. The zero-order chi connectivity index (χ0) is 24.5. The van der Waals surface area contributed by atoms with Gasteiger partial charge in [0.05, 0.1) is 40.8 Å². The molecule has 0 aliphatic rings. The van der Waals surface area contributed by atoms with Gasteiger partial charge in [0.25, 0.3) is 0 Å². The molecule has 0 unspecified atom stereocenters. The molecule has 3 aromatic heterocycles. The third-order valence-electron chi connectivity index (χ3n) is 4.86.